The molecule has 1 aliphatic heterocycles. The highest BCUT2D eigenvalue weighted by Gasteiger charge is 2.39. The summed E-state index contributed by atoms with van der Waals surface area (Å²) in [5, 5.41) is 23.7. The molecular formula is C20H22FN5O6. The molecule has 1 fully saturated rings. The molecule has 1 aliphatic rings. The maximum atomic E-state index is 13.0. The molecule has 12 heteroatoms. The first-order chi connectivity index (χ1) is 15.2. The van der Waals surface area contributed by atoms with E-state index < -0.39 is 47.3 Å². The van der Waals surface area contributed by atoms with E-state index in [-0.39, 0.29) is 29.9 Å². The van der Waals surface area contributed by atoms with Crippen LogP contribution in [-0.2, 0) is 25.4 Å². The third-order valence-electron chi connectivity index (χ3n) is 5.64. The fourth-order valence-electron chi connectivity index (χ4n) is 3.79. The van der Waals surface area contributed by atoms with Gasteiger partial charge in [-0.1, -0.05) is 0 Å². The molecule has 170 valence electrons. The topological polar surface area (TPSA) is 141 Å². The van der Waals surface area contributed by atoms with Gasteiger partial charge in [-0.25, -0.2) is 14.2 Å². The summed E-state index contributed by atoms with van der Waals surface area (Å²) in [5.74, 6) is -1.03. The Kier molecular flexibility index (Phi) is 5.67. The number of imidazole rings is 1. The number of carbonyl (C=O) groups excluding carboxylic acids is 1. The number of hydrogen-bond acceptors (Lipinski definition) is 7. The van der Waals surface area contributed by atoms with Crippen molar-refractivity contribution in [2.45, 2.75) is 30.9 Å². The quantitative estimate of drug-likeness (QED) is 0.442. The van der Waals surface area contributed by atoms with Crippen molar-refractivity contribution in [1.82, 2.24) is 24.0 Å². The van der Waals surface area contributed by atoms with Gasteiger partial charge in [0.25, 0.3) is 11.5 Å². The van der Waals surface area contributed by atoms with Crippen LogP contribution in [0.5, 0.6) is 0 Å². The van der Waals surface area contributed by atoms with Crippen LogP contribution in [0.3, 0.4) is 0 Å². The van der Waals surface area contributed by atoms with Gasteiger partial charge in [0.1, 0.15) is 29.8 Å². The summed E-state index contributed by atoms with van der Waals surface area (Å²) in [5.41, 5.74) is -0.531. The lowest BCUT2D eigenvalue weighted by molar-refractivity contribution is -0.152. The molecule has 1 amide bonds. The third kappa shape index (κ3) is 3.72. The lowest BCUT2D eigenvalue weighted by Crippen LogP contribution is -2.60. The Bertz CT molecular complexity index is 1280. The van der Waals surface area contributed by atoms with Crippen LogP contribution in [0.1, 0.15) is 10.4 Å². The first kappa shape index (κ1) is 21.9. The van der Waals surface area contributed by atoms with E-state index in [0.717, 1.165) is 16.7 Å². The Morgan fingerprint density at radius 3 is 2.56 bits per heavy atom. The standard InChI is InChI=1S/C20H22FN5O6/c1-24-18-14(19(30)25(2)20(24)31)22-9-26(18)7-13-16(28)15(27)12(8-32-13)23-17(29)10-3-5-11(21)6-4-10/h3-6,9,12-13,15-16,27-28H,7-8H2,1-2H3,(H,23,29)/t12-,13-,15+,16-/m1/s1. The second-order valence-electron chi connectivity index (χ2n) is 7.71. The summed E-state index contributed by atoms with van der Waals surface area (Å²) in [6.45, 7) is -0.0864. The predicted octanol–water partition coefficient (Wildman–Crippen LogP) is -1.51. The smallest absolute Gasteiger partial charge is 0.332 e. The summed E-state index contributed by atoms with van der Waals surface area (Å²) >= 11 is 0. The van der Waals surface area contributed by atoms with Crippen molar-refractivity contribution in [1.29, 1.82) is 0 Å². The van der Waals surface area contributed by atoms with E-state index in [4.69, 9.17) is 4.74 Å². The van der Waals surface area contributed by atoms with Gasteiger partial charge in [0, 0.05) is 19.7 Å². The molecule has 32 heavy (non-hydrogen) atoms. The number of nitrogens with one attached hydrogen (secondary N) is 1. The van der Waals surface area contributed by atoms with Gasteiger partial charge in [0.2, 0.25) is 0 Å². The van der Waals surface area contributed by atoms with Gasteiger partial charge < -0.3 is 24.8 Å². The van der Waals surface area contributed by atoms with Crippen molar-refractivity contribution in [3.05, 3.63) is 62.8 Å². The molecule has 0 unspecified atom stereocenters. The number of aryl methyl sites for hydroxylation is 1. The van der Waals surface area contributed by atoms with Crippen molar-refractivity contribution < 1.29 is 24.1 Å². The SMILES string of the molecule is Cn1c(=O)c2ncn(C[C@H]3OC[C@@H](NC(=O)c4ccc(F)cc4)[C@H](O)[C@@H]3O)c2n(C)c1=O. The molecule has 3 heterocycles. The van der Waals surface area contributed by atoms with Crippen molar-refractivity contribution in [2.75, 3.05) is 6.61 Å². The number of nitrogens with zero attached hydrogens (tertiary/aromatic N) is 4. The van der Waals surface area contributed by atoms with Crippen LogP contribution in [0.2, 0.25) is 0 Å². The number of fused-ring (bicyclic) bond motifs is 1. The highest BCUT2D eigenvalue weighted by Crippen LogP contribution is 2.19. The minimum absolute atomic E-state index is 0.00774. The second-order valence-corrected chi connectivity index (χ2v) is 7.71. The molecule has 3 N–H and O–H groups in total. The molecule has 0 spiro atoms. The molecular weight excluding hydrogens is 425 g/mol. The van der Waals surface area contributed by atoms with Crippen LogP contribution >= 0.6 is 0 Å². The number of carbonyl (C=O) groups is 1. The minimum Gasteiger partial charge on any atom is -0.388 e. The van der Waals surface area contributed by atoms with Crippen LogP contribution in [0.15, 0.2) is 40.2 Å². The van der Waals surface area contributed by atoms with Gasteiger partial charge in [-0.15, -0.1) is 0 Å². The lowest BCUT2D eigenvalue weighted by atomic mass is 9.97. The zero-order valence-corrected chi connectivity index (χ0v) is 17.3. The molecule has 0 bridgehead atoms. The van der Waals surface area contributed by atoms with E-state index >= 15 is 0 Å². The van der Waals surface area contributed by atoms with Crippen LogP contribution in [0.4, 0.5) is 4.39 Å². The number of rotatable bonds is 4. The highest BCUT2D eigenvalue weighted by atomic mass is 19.1. The molecule has 1 aromatic carbocycles. The average molecular weight is 447 g/mol. The maximum absolute atomic E-state index is 13.0. The molecule has 2 aromatic heterocycles. The Morgan fingerprint density at radius 2 is 1.88 bits per heavy atom. The van der Waals surface area contributed by atoms with Crippen LogP contribution < -0.4 is 16.6 Å². The molecule has 1 saturated heterocycles. The van der Waals surface area contributed by atoms with Crippen LogP contribution in [0, 0.1) is 5.82 Å². The number of benzene rings is 1. The molecule has 0 aliphatic carbocycles. The average Bonchev–Trinajstić information content (AvgIpc) is 3.20. The Morgan fingerprint density at radius 1 is 1.19 bits per heavy atom. The van der Waals surface area contributed by atoms with E-state index in [0.29, 0.717) is 0 Å². The van der Waals surface area contributed by atoms with Crippen LogP contribution in [0.25, 0.3) is 11.2 Å². The number of aliphatic hydroxyl groups excluding tert-OH is 2. The highest BCUT2D eigenvalue weighted by molar-refractivity contribution is 5.94. The molecule has 0 saturated carbocycles. The summed E-state index contributed by atoms with van der Waals surface area (Å²) in [4.78, 5) is 40.9. The monoisotopic (exact) mass is 447 g/mol. The Labute approximate surface area is 180 Å². The number of hydrogen-bond donors (Lipinski definition) is 3. The molecule has 4 rings (SSSR count). The normalized spacial score (nSPS) is 23.4. The van der Waals surface area contributed by atoms with E-state index in [2.05, 4.69) is 10.3 Å². The summed E-state index contributed by atoms with van der Waals surface area (Å²) in [7, 11) is 2.85. The van der Waals surface area contributed by atoms with E-state index in [9.17, 15) is 29.0 Å². The maximum Gasteiger partial charge on any atom is 0.332 e. The van der Waals surface area contributed by atoms with Crippen molar-refractivity contribution in [2.24, 2.45) is 14.1 Å². The molecule has 3 aromatic rings. The van der Waals surface area contributed by atoms with E-state index in [1.165, 1.54) is 41.7 Å². The number of amides is 1. The van der Waals surface area contributed by atoms with Gasteiger partial charge in [0.15, 0.2) is 5.52 Å². The first-order valence-electron chi connectivity index (χ1n) is 9.84. The van der Waals surface area contributed by atoms with Crippen molar-refractivity contribution >= 4 is 17.1 Å². The number of ether oxygens (including phenoxy) is 1. The molecule has 0 radical (unpaired) electrons. The molecule has 11 nitrogen and oxygen atoms in total. The third-order valence-corrected chi connectivity index (χ3v) is 5.64. The molecule has 4 atom stereocenters. The van der Waals surface area contributed by atoms with E-state index in [1.807, 2.05) is 0 Å². The zero-order chi connectivity index (χ0) is 23.2. The van der Waals surface area contributed by atoms with Crippen molar-refractivity contribution in [3.63, 3.8) is 0 Å². The number of aromatic nitrogens is 4. The van der Waals surface area contributed by atoms with Gasteiger partial charge in [-0.05, 0) is 24.3 Å². The van der Waals surface area contributed by atoms with Crippen LogP contribution in [-0.4, -0.2) is 65.8 Å². The zero-order valence-electron chi connectivity index (χ0n) is 17.3. The predicted molar refractivity (Wildman–Crippen MR) is 110 cm³/mol. The summed E-state index contributed by atoms with van der Waals surface area (Å²) < 4.78 is 22.4. The number of aliphatic hydroxyl groups is 2. The van der Waals surface area contributed by atoms with Gasteiger partial charge in [0.05, 0.1) is 25.5 Å². The van der Waals surface area contributed by atoms with E-state index in [1.54, 1.807) is 0 Å². The lowest BCUT2D eigenvalue weighted by Gasteiger charge is -2.38. The summed E-state index contributed by atoms with van der Waals surface area (Å²) in [6, 6.07) is 4.00. The Hall–Kier alpha value is -3.35. The first-order valence-corrected chi connectivity index (χ1v) is 9.84. The second kappa shape index (κ2) is 8.30. The largest absolute Gasteiger partial charge is 0.388 e. The van der Waals surface area contributed by atoms with Gasteiger partial charge >= 0.3 is 5.69 Å². The Balaban J connectivity index is 1.50. The minimum atomic E-state index is -1.37. The summed E-state index contributed by atoms with van der Waals surface area (Å²) in [6.07, 6.45) is -2.25. The number of halogens is 1. The van der Waals surface area contributed by atoms with Crippen molar-refractivity contribution in [3.8, 4) is 0 Å². The van der Waals surface area contributed by atoms with Gasteiger partial charge in [-0.3, -0.25) is 18.7 Å². The fraction of sp³-hybridized carbons (Fsp3) is 0.400. The fourth-order valence-corrected chi connectivity index (χ4v) is 3.79. The van der Waals surface area contributed by atoms with Gasteiger partial charge in [-0.2, -0.15) is 0 Å².